The Morgan fingerprint density at radius 3 is 2.87 bits per heavy atom. The van der Waals surface area contributed by atoms with Crippen molar-refractivity contribution in [2.45, 2.75) is 6.29 Å². The number of carbonyl (C=O) groups is 2. The van der Waals surface area contributed by atoms with E-state index in [0.717, 1.165) is 0 Å². The third kappa shape index (κ3) is 3.30. The lowest BCUT2D eigenvalue weighted by Gasteiger charge is -2.13. The van der Waals surface area contributed by atoms with Crippen LogP contribution in [0.15, 0.2) is 24.3 Å². The van der Waals surface area contributed by atoms with E-state index in [1.165, 1.54) is 7.11 Å². The van der Waals surface area contributed by atoms with E-state index in [4.69, 9.17) is 4.74 Å². The summed E-state index contributed by atoms with van der Waals surface area (Å²) in [6.07, 6.45) is -1.40. The van der Waals surface area contributed by atoms with Crippen molar-refractivity contribution in [1.82, 2.24) is 0 Å². The zero-order chi connectivity index (χ0) is 11.1. The Balaban J connectivity index is 2.66. The first kappa shape index (κ1) is 11.0. The molecule has 0 aliphatic rings. The van der Waals surface area contributed by atoms with E-state index < -0.39 is 12.3 Å². The molecule has 0 bridgehead atoms. The van der Waals surface area contributed by atoms with Gasteiger partial charge in [-0.25, -0.2) is 4.79 Å². The molecular weight excluding hydrogens is 200 g/mol. The highest BCUT2D eigenvalue weighted by Crippen LogP contribution is 2.10. The van der Waals surface area contributed by atoms with Crippen LogP contribution in [0.3, 0.4) is 0 Å². The number of para-hydroxylation sites is 1. The molecule has 5 nitrogen and oxygen atoms in total. The summed E-state index contributed by atoms with van der Waals surface area (Å²) >= 11 is 0. The van der Waals surface area contributed by atoms with E-state index in [0.29, 0.717) is 0 Å². The molecule has 0 aromatic heterocycles. The Morgan fingerprint density at radius 1 is 1.53 bits per heavy atom. The topological polar surface area (TPSA) is 61.8 Å². The van der Waals surface area contributed by atoms with Crippen molar-refractivity contribution in [2.75, 3.05) is 7.11 Å². The fraction of sp³-hybridized carbons (Fsp3) is 0.200. The second kappa shape index (κ2) is 5.64. The monoisotopic (exact) mass is 209 g/mol. The second-order valence-corrected chi connectivity index (χ2v) is 2.43. The van der Waals surface area contributed by atoms with Crippen LogP contribution in [0.4, 0.5) is 0 Å². The van der Waals surface area contributed by atoms with E-state index in [1.807, 2.05) is 0 Å². The van der Waals surface area contributed by atoms with Crippen LogP contribution in [0.25, 0.3) is 0 Å². The molecule has 1 rings (SSSR count). The Morgan fingerprint density at radius 2 is 2.33 bits per heavy atom. The van der Waals surface area contributed by atoms with Gasteiger partial charge < -0.3 is 14.2 Å². The number of carbonyl (C=O) groups excluding carboxylic acids is 2. The van der Waals surface area contributed by atoms with E-state index in [2.05, 4.69) is 15.5 Å². The van der Waals surface area contributed by atoms with Gasteiger partial charge in [-0.15, -0.1) is 0 Å². The number of hydrogen-bond donors (Lipinski definition) is 0. The molecule has 0 aliphatic carbocycles. The molecule has 1 unspecified atom stereocenters. The normalized spacial score (nSPS) is 11.3. The molecule has 1 radical (unpaired) electrons. The number of esters is 1. The first-order valence-corrected chi connectivity index (χ1v) is 4.08. The highest BCUT2D eigenvalue weighted by molar-refractivity contribution is 5.74. The summed E-state index contributed by atoms with van der Waals surface area (Å²) in [7, 11) is 1.17. The molecule has 1 aromatic rings. The van der Waals surface area contributed by atoms with Crippen LogP contribution >= 0.6 is 0 Å². The number of benzene rings is 1. The third-order valence-electron chi connectivity index (χ3n) is 1.49. The van der Waals surface area contributed by atoms with Gasteiger partial charge in [0.05, 0.1) is 7.11 Å². The van der Waals surface area contributed by atoms with Gasteiger partial charge in [0.1, 0.15) is 5.75 Å². The molecule has 0 saturated heterocycles. The third-order valence-corrected chi connectivity index (χ3v) is 1.49. The fourth-order valence-electron chi connectivity index (χ4n) is 0.844. The van der Waals surface area contributed by atoms with Crippen LogP contribution in [-0.2, 0) is 19.1 Å². The molecule has 0 fully saturated rings. The summed E-state index contributed by atoms with van der Waals surface area (Å²) in [4.78, 5) is 21.2. The second-order valence-electron chi connectivity index (χ2n) is 2.43. The highest BCUT2D eigenvalue weighted by Gasteiger charge is 2.22. The van der Waals surface area contributed by atoms with Crippen LogP contribution in [0, 0.1) is 6.07 Å². The predicted octanol–water partition coefficient (Wildman–Crippen LogP) is 0.538. The molecular formula is C10H9O5. The summed E-state index contributed by atoms with van der Waals surface area (Å²) in [6, 6.07) is 9.32. The summed E-state index contributed by atoms with van der Waals surface area (Å²) in [5.41, 5.74) is 0. The van der Waals surface area contributed by atoms with Gasteiger partial charge in [-0.3, -0.25) is 4.79 Å². The van der Waals surface area contributed by atoms with E-state index in [9.17, 15) is 9.59 Å². The van der Waals surface area contributed by atoms with Gasteiger partial charge in [0.2, 0.25) is 0 Å². The number of rotatable bonds is 5. The Labute approximate surface area is 86.6 Å². The molecule has 0 N–H and O–H groups in total. The minimum Gasteiger partial charge on any atom is -0.463 e. The van der Waals surface area contributed by atoms with Gasteiger partial charge in [-0.1, -0.05) is 18.2 Å². The predicted molar refractivity (Wildman–Crippen MR) is 48.9 cm³/mol. The average molecular weight is 209 g/mol. The molecule has 1 aromatic carbocycles. The maximum absolute atomic E-state index is 11.1. The van der Waals surface area contributed by atoms with Crippen LogP contribution in [-0.4, -0.2) is 25.8 Å². The summed E-state index contributed by atoms with van der Waals surface area (Å²) in [5.74, 6) is -0.505. The number of hydrogen-bond acceptors (Lipinski definition) is 5. The van der Waals surface area contributed by atoms with Crippen LogP contribution in [0.5, 0.6) is 5.75 Å². The van der Waals surface area contributed by atoms with Gasteiger partial charge in [-0.05, 0) is 6.07 Å². The molecule has 0 spiro atoms. The van der Waals surface area contributed by atoms with Gasteiger partial charge in [0, 0.05) is 6.07 Å². The maximum Gasteiger partial charge on any atom is 0.389 e. The summed E-state index contributed by atoms with van der Waals surface area (Å²) < 4.78 is 13.8. The van der Waals surface area contributed by atoms with Crippen molar-refractivity contribution in [3.05, 3.63) is 30.3 Å². The lowest BCUT2D eigenvalue weighted by molar-refractivity contribution is -0.177. The highest BCUT2D eigenvalue weighted by atomic mass is 16.7. The molecule has 0 heterocycles. The molecule has 15 heavy (non-hydrogen) atoms. The molecule has 0 amide bonds. The first-order chi connectivity index (χ1) is 7.27. The van der Waals surface area contributed by atoms with Crippen molar-refractivity contribution in [1.29, 1.82) is 0 Å². The van der Waals surface area contributed by atoms with Crippen molar-refractivity contribution in [3.8, 4) is 5.75 Å². The molecule has 5 heteroatoms. The summed E-state index contributed by atoms with van der Waals surface area (Å²) in [6.45, 7) is 0.116. The van der Waals surface area contributed by atoms with Crippen LogP contribution < -0.4 is 4.74 Å². The lowest BCUT2D eigenvalue weighted by Crippen LogP contribution is -2.31. The maximum atomic E-state index is 11.1. The lowest BCUT2D eigenvalue weighted by atomic mass is 10.3. The minimum atomic E-state index is -1.40. The van der Waals surface area contributed by atoms with Crippen molar-refractivity contribution < 1.29 is 23.8 Å². The van der Waals surface area contributed by atoms with Crippen molar-refractivity contribution in [3.63, 3.8) is 0 Å². The van der Waals surface area contributed by atoms with Gasteiger partial charge >= 0.3 is 12.3 Å². The molecule has 0 saturated carbocycles. The Bertz CT molecular complexity index is 322. The first-order valence-electron chi connectivity index (χ1n) is 4.08. The minimum absolute atomic E-state index is 0.116. The quantitative estimate of drug-likeness (QED) is 0.402. The van der Waals surface area contributed by atoms with Crippen molar-refractivity contribution in [2.24, 2.45) is 0 Å². The van der Waals surface area contributed by atoms with Gasteiger partial charge in [0.15, 0.2) is 0 Å². The Kier molecular flexibility index (Phi) is 4.15. The van der Waals surface area contributed by atoms with Gasteiger partial charge in [0.25, 0.3) is 6.47 Å². The molecule has 0 aliphatic heterocycles. The van der Waals surface area contributed by atoms with E-state index in [-0.39, 0.29) is 12.2 Å². The Hall–Kier alpha value is -2.04. The SMILES string of the molecule is COC(=O)C(OC=O)Oc1[c]cccc1. The van der Waals surface area contributed by atoms with Crippen LogP contribution in [0.1, 0.15) is 0 Å². The van der Waals surface area contributed by atoms with Crippen LogP contribution in [0.2, 0.25) is 0 Å². The molecule has 79 valence electrons. The number of methoxy groups -OCH3 is 1. The van der Waals surface area contributed by atoms with E-state index >= 15 is 0 Å². The van der Waals surface area contributed by atoms with E-state index in [1.54, 1.807) is 24.3 Å². The molecule has 1 atom stereocenters. The summed E-state index contributed by atoms with van der Waals surface area (Å²) in [5, 5.41) is 0. The smallest absolute Gasteiger partial charge is 0.389 e. The fourth-order valence-corrected chi connectivity index (χ4v) is 0.844. The van der Waals surface area contributed by atoms with Crippen molar-refractivity contribution >= 4 is 12.4 Å². The largest absolute Gasteiger partial charge is 0.463 e. The zero-order valence-electron chi connectivity index (χ0n) is 8.01. The number of ether oxygens (including phenoxy) is 3. The standard InChI is InChI=1S/C10H9O5/c1-13-9(12)10(14-7-11)15-8-5-3-2-4-6-8/h2-5,7,10H,1H3. The average Bonchev–Trinajstić information content (AvgIpc) is 2.29. The van der Waals surface area contributed by atoms with Gasteiger partial charge in [-0.2, -0.15) is 0 Å². The zero-order valence-corrected chi connectivity index (χ0v) is 8.01.